The lowest BCUT2D eigenvalue weighted by atomic mass is 10.0. The van der Waals surface area contributed by atoms with Crippen LogP contribution < -0.4 is 0 Å². The van der Waals surface area contributed by atoms with Gasteiger partial charge in [0.2, 0.25) is 0 Å². The number of thioether (sulfide) groups is 2. The Morgan fingerprint density at radius 3 is 2.44 bits per heavy atom. The summed E-state index contributed by atoms with van der Waals surface area (Å²) in [6.07, 6.45) is -3.93. The lowest BCUT2D eigenvalue weighted by Crippen LogP contribution is -2.57. The molecule has 0 aromatic heterocycles. The quantitative estimate of drug-likeness (QED) is 0.0983. The third-order valence-electron chi connectivity index (χ3n) is 3.68. The molecule has 0 spiro atoms. The Morgan fingerprint density at radius 2 is 1.89 bits per heavy atom. The Bertz CT molecular complexity index is 573. The van der Waals surface area contributed by atoms with Crippen LogP contribution in [-0.2, 0) is 19.4 Å². The number of aliphatic hydroxyl groups excluding tert-OH is 5. The standard InChI is InChI=1S/C13H25NO10S3/c1-25-5-4-7(16)2-3-9(14-24-27(20,21)22)26-13-12(19)11(18)10(17)8(6-15)23-13/h7-8,10-13,15-19H,2-6H2,1H3,(H,20,21,22)/b14-9+/t7-,8-,10-,11+,12+,13+/m0/s1. The van der Waals surface area contributed by atoms with Crippen LogP contribution in [0.25, 0.3) is 0 Å². The molecule has 0 saturated carbocycles. The molecule has 1 aliphatic heterocycles. The predicted molar refractivity (Wildman–Crippen MR) is 99.7 cm³/mol. The number of hydrogen-bond acceptors (Lipinski definition) is 12. The summed E-state index contributed by atoms with van der Waals surface area (Å²) in [5, 5.41) is 52.0. The summed E-state index contributed by atoms with van der Waals surface area (Å²) in [4.78, 5) is 0. The van der Waals surface area contributed by atoms with Crippen molar-refractivity contribution < 1.29 is 47.5 Å². The Hall–Kier alpha value is -0.160. The van der Waals surface area contributed by atoms with Crippen molar-refractivity contribution in [2.45, 2.75) is 55.2 Å². The van der Waals surface area contributed by atoms with Gasteiger partial charge in [0.1, 0.15) is 34.9 Å². The van der Waals surface area contributed by atoms with Gasteiger partial charge < -0.3 is 30.3 Å². The molecular formula is C13H25NO10S3. The maximum absolute atomic E-state index is 10.7. The van der Waals surface area contributed by atoms with Crippen LogP contribution in [0.5, 0.6) is 0 Å². The van der Waals surface area contributed by atoms with Crippen LogP contribution in [0.2, 0.25) is 0 Å². The van der Waals surface area contributed by atoms with E-state index < -0.39 is 53.0 Å². The highest BCUT2D eigenvalue weighted by molar-refractivity contribution is 8.14. The van der Waals surface area contributed by atoms with Crippen molar-refractivity contribution in [1.29, 1.82) is 0 Å². The van der Waals surface area contributed by atoms with E-state index in [-0.39, 0.29) is 17.9 Å². The molecular weight excluding hydrogens is 426 g/mol. The fraction of sp³-hybridized carbons (Fsp3) is 0.923. The first-order chi connectivity index (χ1) is 12.6. The molecule has 27 heavy (non-hydrogen) atoms. The molecule has 1 saturated heterocycles. The third kappa shape index (κ3) is 8.81. The van der Waals surface area contributed by atoms with Gasteiger partial charge in [-0.1, -0.05) is 16.9 Å². The van der Waals surface area contributed by atoms with Crippen LogP contribution in [0.15, 0.2) is 5.16 Å². The third-order valence-corrected chi connectivity index (χ3v) is 5.76. The minimum Gasteiger partial charge on any atom is -0.394 e. The minimum atomic E-state index is -4.86. The number of aliphatic hydroxyl groups is 5. The zero-order chi connectivity index (χ0) is 20.6. The maximum Gasteiger partial charge on any atom is 0.466 e. The van der Waals surface area contributed by atoms with E-state index in [0.717, 1.165) is 5.75 Å². The Balaban J connectivity index is 2.82. The molecule has 160 valence electrons. The molecule has 0 amide bonds. The second-order valence-electron chi connectivity index (χ2n) is 5.78. The molecule has 11 nitrogen and oxygen atoms in total. The van der Waals surface area contributed by atoms with Gasteiger partial charge in [-0.25, -0.2) is 4.28 Å². The van der Waals surface area contributed by atoms with E-state index in [9.17, 15) is 34.0 Å². The van der Waals surface area contributed by atoms with Crippen molar-refractivity contribution in [3.63, 3.8) is 0 Å². The van der Waals surface area contributed by atoms with Crippen LogP contribution in [0.1, 0.15) is 19.3 Å². The fourth-order valence-electron chi connectivity index (χ4n) is 2.20. The van der Waals surface area contributed by atoms with Crippen molar-refractivity contribution in [1.82, 2.24) is 0 Å². The first kappa shape index (κ1) is 24.9. The molecule has 0 aromatic rings. The second kappa shape index (κ2) is 11.7. The molecule has 0 aromatic carbocycles. The number of ether oxygens (including phenoxy) is 1. The molecule has 0 unspecified atom stereocenters. The van der Waals surface area contributed by atoms with Crippen molar-refractivity contribution >= 4 is 39.0 Å². The Kier molecular flexibility index (Phi) is 10.8. The van der Waals surface area contributed by atoms with Crippen LogP contribution in [-0.4, -0.2) is 98.1 Å². The summed E-state index contributed by atoms with van der Waals surface area (Å²) in [5.74, 6) is 0.717. The van der Waals surface area contributed by atoms with Crippen LogP contribution in [0.3, 0.4) is 0 Å². The monoisotopic (exact) mass is 451 g/mol. The number of hydrogen-bond donors (Lipinski definition) is 6. The summed E-state index contributed by atoms with van der Waals surface area (Å²) >= 11 is 2.23. The van der Waals surface area contributed by atoms with Gasteiger partial charge in [0, 0.05) is 6.42 Å². The van der Waals surface area contributed by atoms with E-state index in [1.54, 1.807) is 11.8 Å². The fourth-order valence-corrected chi connectivity index (χ4v) is 4.02. The van der Waals surface area contributed by atoms with Crippen LogP contribution in [0.4, 0.5) is 0 Å². The molecule has 0 bridgehead atoms. The summed E-state index contributed by atoms with van der Waals surface area (Å²) in [7, 11) is -4.86. The van der Waals surface area contributed by atoms with Crippen LogP contribution in [0, 0.1) is 0 Å². The maximum atomic E-state index is 10.7. The van der Waals surface area contributed by atoms with E-state index in [0.29, 0.717) is 18.2 Å². The van der Waals surface area contributed by atoms with Gasteiger partial charge >= 0.3 is 10.4 Å². The molecule has 1 aliphatic rings. The molecule has 1 rings (SSSR count). The molecule has 1 fully saturated rings. The molecule has 6 N–H and O–H groups in total. The van der Waals surface area contributed by atoms with Crippen LogP contribution >= 0.6 is 23.5 Å². The number of nitrogens with zero attached hydrogens (tertiary/aromatic N) is 1. The van der Waals surface area contributed by atoms with Gasteiger partial charge in [-0.05, 0) is 24.9 Å². The highest BCUT2D eigenvalue weighted by atomic mass is 32.3. The zero-order valence-electron chi connectivity index (χ0n) is 14.5. The summed E-state index contributed by atoms with van der Waals surface area (Å²) in [5.41, 5.74) is -1.20. The van der Waals surface area contributed by atoms with E-state index >= 15 is 0 Å². The van der Waals surface area contributed by atoms with E-state index in [1.165, 1.54) is 0 Å². The van der Waals surface area contributed by atoms with Crippen molar-refractivity contribution in [2.24, 2.45) is 5.16 Å². The van der Waals surface area contributed by atoms with Gasteiger partial charge in [-0.15, -0.1) is 0 Å². The summed E-state index contributed by atoms with van der Waals surface area (Å²) in [6, 6.07) is 0. The van der Waals surface area contributed by atoms with Crippen molar-refractivity contribution in [3.05, 3.63) is 0 Å². The van der Waals surface area contributed by atoms with Gasteiger partial charge in [0.25, 0.3) is 0 Å². The van der Waals surface area contributed by atoms with Gasteiger partial charge in [-0.2, -0.15) is 20.2 Å². The van der Waals surface area contributed by atoms with Gasteiger partial charge in [0.15, 0.2) is 0 Å². The van der Waals surface area contributed by atoms with Crippen molar-refractivity contribution in [2.75, 3.05) is 18.6 Å². The SMILES string of the molecule is CSCC[C@@H](O)CC/C(=N\OS(=O)(=O)O)S[C@H]1O[C@@H](CO)[C@H](O)[C@@H](O)[C@H]1O. The average molecular weight is 452 g/mol. The average Bonchev–Trinajstić information content (AvgIpc) is 2.61. The normalized spacial score (nSPS) is 30.9. The van der Waals surface area contributed by atoms with E-state index in [1.807, 2.05) is 6.26 Å². The molecule has 0 aliphatic carbocycles. The van der Waals surface area contributed by atoms with Gasteiger partial charge in [0.05, 0.1) is 12.7 Å². The minimum absolute atomic E-state index is 0.0325. The highest BCUT2D eigenvalue weighted by Gasteiger charge is 2.44. The summed E-state index contributed by atoms with van der Waals surface area (Å²) < 4.78 is 39.5. The molecule has 0 radical (unpaired) electrons. The predicted octanol–water partition coefficient (Wildman–Crippen LogP) is -1.45. The summed E-state index contributed by atoms with van der Waals surface area (Å²) in [6.45, 7) is -0.622. The first-order valence-electron chi connectivity index (χ1n) is 7.96. The number of rotatable bonds is 10. The number of oxime groups is 1. The molecule has 6 atom stereocenters. The smallest absolute Gasteiger partial charge is 0.394 e. The highest BCUT2D eigenvalue weighted by Crippen LogP contribution is 2.30. The Labute approximate surface area is 165 Å². The molecule has 14 heteroatoms. The largest absolute Gasteiger partial charge is 0.466 e. The van der Waals surface area contributed by atoms with Gasteiger partial charge in [-0.3, -0.25) is 4.55 Å². The van der Waals surface area contributed by atoms with E-state index in [4.69, 9.17) is 9.29 Å². The van der Waals surface area contributed by atoms with Crippen molar-refractivity contribution in [3.8, 4) is 0 Å². The lowest BCUT2D eigenvalue weighted by molar-refractivity contribution is -0.205. The zero-order valence-corrected chi connectivity index (χ0v) is 16.9. The lowest BCUT2D eigenvalue weighted by Gasteiger charge is -2.39. The Morgan fingerprint density at radius 1 is 1.22 bits per heavy atom. The second-order valence-corrected chi connectivity index (χ2v) is 8.94. The van der Waals surface area contributed by atoms with E-state index in [2.05, 4.69) is 9.44 Å². The topological polar surface area (TPSA) is 186 Å². The first-order valence-corrected chi connectivity index (χ1v) is 11.6. The molecule has 1 heterocycles.